The number of unbranched alkanes of at least 4 members (excludes halogenated alkanes) is 52. The Hall–Kier alpha value is -1.92. The normalized spacial score (nSPS) is 12.7. The van der Waals surface area contributed by atoms with Crippen LogP contribution in [-0.2, 0) is 14.3 Å². The molecular weight excluding hydrogens is 995 g/mol. The molecule has 0 heterocycles. The van der Waals surface area contributed by atoms with Crippen molar-refractivity contribution in [1.82, 2.24) is 5.32 Å². The first-order chi connectivity index (χ1) is 40.0. The van der Waals surface area contributed by atoms with Crippen molar-refractivity contribution < 1.29 is 24.5 Å². The topological polar surface area (TPSA) is 95.9 Å². The number of amides is 1. The average molecular weight is 1140 g/mol. The highest BCUT2D eigenvalue weighted by molar-refractivity contribution is 5.76. The Morgan fingerprint density at radius 1 is 0.346 bits per heavy atom. The second-order valence-electron chi connectivity index (χ2n) is 25.3. The summed E-state index contributed by atoms with van der Waals surface area (Å²) in [5.41, 5.74) is 0. The van der Waals surface area contributed by atoms with Crippen LogP contribution in [0.25, 0.3) is 0 Å². The van der Waals surface area contributed by atoms with Crippen LogP contribution in [0.3, 0.4) is 0 Å². The van der Waals surface area contributed by atoms with E-state index in [9.17, 15) is 19.8 Å². The molecule has 0 saturated carbocycles. The second kappa shape index (κ2) is 70.6. The monoisotopic (exact) mass is 1140 g/mol. The van der Waals surface area contributed by atoms with Crippen LogP contribution in [0.15, 0.2) is 36.5 Å². The first-order valence-corrected chi connectivity index (χ1v) is 36.7. The van der Waals surface area contributed by atoms with Crippen molar-refractivity contribution in [1.29, 1.82) is 0 Å². The van der Waals surface area contributed by atoms with Crippen molar-refractivity contribution in [3.63, 3.8) is 0 Å². The molecule has 0 aliphatic rings. The predicted octanol–water partition coefficient (Wildman–Crippen LogP) is 23.9. The summed E-state index contributed by atoms with van der Waals surface area (Å²) < 4.78 is 5.49. The van der Waals surface area contributed by atoms with E-state index in [4.69, 9.17) is 4.74 Å². The van der Waals surface area contributed by atoms with Gasteiger partial charge in [-0.3, -0.25) is 9.59 Å². The lowest BCUT2D eigenvalue weighted by Gasteiger charge is -2.22. The van der Waals surface area contributed by atoms with Crippen molar-refractivity contribution in [3.05, 3.63) is 36.5 Å². The number of allylic oxidation sites excluding steroid dienone is 6. The molecule has 1 amide bonds. The number of nitrogens with one attached hydrogen (secondary N) is 1. The van der Waals surface area contributed by atoms with Crippen LogP contribution >= 0.6 is 0 Å². The minimum atomic E-state index is -0.665. The quantitative estimate of drug-likeness (QED) is 0.0320. The lowest BCUT2D eigenvalue weighted by atomic mass is 10.0. The maximum absolute atomic E-state index is 12.5. The molecule has 3 N–H and O–H groups in total. The third-order valence-corrected chi connectivity index (χ3v) is 17.2. The Bertz CT molecular complexity index is 1310. The summed E-state index contributed by atoms with van der Waals surface area (Å²) in [6.07, 6.45) is 90.6. The van der Waals surface area contributed by atoms with Gasteiger partial charge in [-0.05, 0) is 83.5 Å². The highest BCUT2D eigenvalue weighted by Crippen LogP contribution is 2.19. The average Bonchev–Trinajstić information content (AvgIpc) is 3.47. The lowest BCUT2D eigenvalue weighted by Crippen LogP contribution is -2.45. The van der Waals surface area contributed by atoms with Gasteiger partial charge in [0.25, 0.3) is 0 Å². The van der Waals surface area contributed by atoms with Crippen molar-refractivity contribution in [2.24, 2.45) is 0 Å². The van der Waals surface area contributed by atoms with Crippen molar-refractivity contribution in [2.45, 2.75) is 418 Å². The minimum absolute atomic E-state index is 0.00300. The van der Waals surface area contributed by atoms with Gasteiger partial charge < -0.3 is 20.3 Å². The van der Waals surface area contributed by atoms with Crippen molar-refractivity contribution >= 4 is 11.9 Å². The number of aliphatic hydroxyl groups is 2. The molecule has 6 heteroatoms. The number of hydrogen-bond donors (Lipinski definition) is 3. The Balaban J connectivity index is 3.38. The molecule has 0 aromatic carbocycles. The molecule has 0 saturated heterocycles. The fourth-order valence-corrected chi connectivity index (χ4v) is 11.6. The van der Waals surface area contributed by atoms with Gasteiger partial charge in [0.15, 0.2) is 0 Å². The third-order valence-electron chi connectivity index (χ3n) is 17.2. The van der Waals surface area contributed by atoms with Crippen LogP contribution in [0.5, 0.6) is 0 Å². The maximum atomic E-state index is 12.5. The van der Waals surface area contributed by atoms with Gasteiger partial charge in [0.1, 0.15) is 0 Å². The fraction of sp³-hybridized carbons (Fsp3) is 0.893. The van der Waals surface area contributed by atoms with Gasteiger partial charge >= 0.3 is 5.97 Å². The number of rotatable bonds is 69. The molecule has 2 unspecified atom stereocenters. The van der Waals surface area contributed by atoms with Crippen molar-refractivity contribution in [2.75, 3.05) is 13.2 Å². The first-order valence-electron chi connectivity index (χ1n) is 36.7. The Labute approximate surface area is 506 Å². The van der Waals surface area contributed by atoms with Crippen LogP contribution in [0, 0.1) is 0 Å². The Kier molecular flexibility index (Phi) is 68.9. The van der Waals surface area contributed by atoms with E-state index in [0.29, 0.717) is 25.9 Å². The van der Waals surface area contributed by atoms with Crippen LogP contribution < -0.4 is 5.32 Å². The van der Waals surface area contributed by atoms with Crippen LogP contribution in [0.4, 0.5) is 0 Å². The molecule has 0 aromatic heterocycles. The Morgan fingerprint density at radius 2 is 0.617 bits per heavy atom. The number of carbonyl (C=O) groups excluding carboxylic acids is 2. The van der Waals surface area contributed by atoms with Crippen LogP contribution in [0.2, 0.25) is 0 Å². The zero-order chi connectivity index (χ0) is 58.5. The largest absolute Gasteiger partial charge is 0.466 e. The molecule has 0 radical (unpaired) electrons. The van der Waals surface area contributed by atoms with Gasteiger partial charge in [-0.15, -0.1) is 0 Å². The lowest BCUT2D eigenvalue weighted by molar-refractivity contribution is -0.143. The van der Waals surface area contributed by atoms with Gasteiger partial charge in [0.05, 0.1) is 25.4 Å². The summed E-state index contributed by atoms with van der Waals surface area (Å²) in [5, 5.41) is 23.4. The molecule has 478 valence electrons. The highest BCUT2D eigenvalue weighted by Gasteiger charge is 2.20. The smallest absolute Gasteiger partial charge is 0.305 e. The zero-order valence-electron chi connectivity index (χ0n) is 54.8. The summed E-state index contributed by atoms with van der Waals surface area (Å²) in [7, 11) is 0. The van der Waals surface area contributed by atoms with E-state index in [1.54, 1.807) is 0 Å². The standard InChI is InChI=1S/C75H143NO5/c1-3-5-7-9-11-13-15-17-19-20-21-33-36-40-43-47-51-55-59-63-67-73(78)72(71-77)76-74(79)68-64-60-56-52-48-44-41-37-34-31-29-27-25-23-22-24-26-28-30-32-35-38-42-46-50-54-58-62-66-70-81-75(80)69-65-61-57-53-49-45-39-18-16-14-12-10-8-6-4-2/h12,14,18,22,24,39,72-73,77-78H,3-11,13,15-17,19-21,23,25-38,40-71H2,1-2H3,(H,76,79)/b14-12-,24-22-,39-18-. The van der Waals surface area contributed by atoms with Crippen molar-refractivity contribution in [3.8, 4) is 0 Å². The molecule has 0 aromatic rings. The molecule has 0 spiro atoms. The van der Waals surface area contributed by atoms with Gasteiger partial charge in [-0.2, -0.15) is 0 Å². The number of ether oxygens (including phenoxy) is 1. The van der Waals surface area contributed by atoms with Crippen LogP contribution in [0.1, 0.15) is 406 Å². The highest BCUT2D eigenvalue weighted by atomic mass is 16.5. The summed E-state index contributed by atoms with van der Waals surface area (Å²) in [6, 6.07) is -0.542. The maximum Gasteiger partial charge on any atom is 0.305 e. The Morgan fingerprint density at radius 3 is 0.975 bits per heavy atom. The van der Waals surface area contributed by atoms with Gasteiger partial charge in [0, 0.05) is 12.8 Å². The van der Waals surface area contributed by atoms with E-state index >= 15 is 0 Å². The molecule has 2 atom stereocenters. The summed E-state index contributed by atoms with van der Waals surface area (Å²) >= 11 is 0. The SMILES string of the molecule is CCCCC/C=C\C/C=C\CCCCCCCC(=O)OCCCCCCCCCCCCCC/C=C\CCCCCCCCCCCCCCCC(=O)NC(CO)C(O)CCCCCCCCCCCCCCCCCCCCCC. The van der Waals surface area contributed by atoms with E-state index in [1.165, 1.54) is 321 Å². The number of aliphatic hydroxyl groups excluding tert-OH is 2. The fourth-order valence-electron chi connectivity index (χ4n) is 11.6. The van der Waals surface area contributed by atoms with Gasteiger partial charge in [0.2, 0.25) is 5.91 Å². The molecular formula is C75H143NO5. The molecule has 81 heavy (non-hydrogen) atoms. The predicted molar refractivity (Wildman–Crippen MR) is 356 cm³/mol. The second-order valence-corrected chi connectivity index (χ2v) is 25.3. The summed E-state index contributed by atoms with van der Waals surface area (Å²) in [5.74, 6) is -0.0271. The molecule has 0 rings (SSSR count). The summed E-state index contributed by atoms with van der Waals surface area (Å²) in [6.45, 7) is 4.96. The molecule has 0 aliphatic carbocycles. The van der Waals surface area contributed by atoms with E-state index in [-0.39, 0.29) is 18.5 Å². The summed E-state index contributed by atoms with van der Waals surface area (Å²) in [4.78, 5) is 24.6. The number of carbonyl (C=O) groups is 2. The van der Waals surface area contributed by atoms with E-state index in [0.717, 1.165) is 51.4 Å². The van der Waals surface area contributed by atoms with E-state index < -0.39 is 12.1 Å². The third kappa shape index (κ3) is 67.1. The van der Waals surface area contributed by atoms with Crippen LogP contribution in [-0.4, -0.2) is 47.4 Å². The molecule has 6 nitrogen and oxygen atoms in total. The molecule has 0 aliphatic heterocycles. The molecule has 0 fully saturated rings. The molecule has 0 bridgehead atoms. The number of esters is 1. The first kappa shape index (κ1) is 79.1. The number of hydrogen-bond acceptors (Lipinski definition) is 5. The van der Waals surface area contributed by atoms with Gasteiger partial charge in [-0.1, -0.05) is 346 Å². The van der Waals surface area contributed by atoms with E-state index in [1.807, 2.05) is 0 Å². The van der Waals surface area contributed by atoms with Gasteiger partial charge in [-0.25, -0.2) is 0 Å². The van der Waals surface area contributed by atoms with E-state index in [2.05, 4.69) is 55.6 Å². The zero-order valence-corrected chi connectivity index (χ0v) is 54.8. The minimum Gasteiger partial charge on any atom is -0.466 e.